The molecule has 170 valence electrons. The molecule has 0 saturated carbocycles. The van der Waals surface area contributed by atoms with Crippen molar-refractivity contribution in [1.82, 2.24) is 9.97 Å². The van der Waals surface area contributed by atoms with E-state index in [0.29, 0.717) is 34.5 Å². The third-order valence-corrected chi connectivity index (χ3v) is 5.66. The maximum atomic E-state index is 13.7. The van der Waals surface area contributed by atoms with Gasteiger partial charge in [-0.05, 0) is 55.0 Å². The monoisotopic (exact) mass is 457 g/mol. The number of ether oxygens (including phenoxy) is 1. The van der Waals surface area contributed by atoms with Crippen molar-refractivity contribution in [1.29, 1.82) is 0 Å². The standard InChI is InChI=1S/C26H20FN3O4/c1-2-34-18-11-8-16(9-12-18)23(31)21-22(15-6-4-3-5-7-15)30(25(33)24(21)32)26-28-19-13-10-17(27)14-20(19)29-26/h3-14,22,31H,2H2,1H3,(H,28,29)/b23-21+. The van der Waals surface area contributed by atoms with E-state index < -0.39 is 23.5 Å². The summed E-state index contributed by atoms with van der Waals surface area (Å²) in [6, 6.07) is 18.6. The number of hydrogen-bond donors (Lipinski definition) is 2. The average Bonchev–Trinajstić information content (AvgIpc) is 3.37. The summed E-state index contributed by atoms with van der Waals surface area (Å²) < 4.78 is 19.1. The number of aliphatic hydroxyl groups excluding tert-OH is 1. The van der Waals surface area contributed by atoms with Crippen LogP contribution in [0.3, 0.4) is 0 Å². The zero-order valence-corrected chi connectivity index (χ0v) is 18.2. The van der Waals surface area contributed by atoms with Crippen LogP contribution in [0.15, 0.2) is 78.4 Å². The number of aromatic nitrogens is 2. The number of halogens is 1. The summed E-state index contributed by atoms with van der Waals surface area (Å²) in [4.78, 5) is 34.9. The molecular weight excluding hydrogens is 437 g/mol. The number of H-pyrrole nitrogens is 1. The van der Waals surface area contributed by atoms with Crippen LogP contribution < -0.4 is 9.64 Å². The lowest BCUT2D eigenvalue weighted by molar-refractivity contribution is -0.132. The van der Waals surface area contributed by atoms with E-state index in [1.807, 2.05) is 13.0 Å². The average molecular weight is 457 g/mol. The lowest BCUT2D eigenvalue weighted by Crippen LogP contribution is -2.30. The number of benzene rings is 3. The van der Waals surface area contributed by atoms with Crippen molar-refractivity contribution in [3.05, 3.63) is 95.3 Å². The molecule has 1 aliphatic heterocycles. The third kappa shape index (κ3) is 3.59. The van der Waals surface area contributed by atoms with E-state index in [1.165, 1.54) is 23.1 Å². The Hall–Kier alpha value is -4.46. The molecule has 5 rings (SSSR count). The van der Waals surface area contributed by atoms with Crippen LogP contribution in [-0.2, 0) is 9.59 Å². The number of anilines is 1. The fourth-order valence-corrected chi connectivity index (χ4v) is 4.12. The Labute approximate surface area is 194 Å². The Morgan fingerprint density at radius 2 is 1.82 bits per heavy atom. The van der Waals surface area contributed by atoms with Crippen molar-refractivity contribution in [2.75, 3.05) is 11.5 Å². The van der Waals surface area contributed by atoms with E-state index in [9.17, 15) is 19.1 Å². The first kappa shape index (κ1) is 21.4. The van der Waals surface area contributed by atoms with E-state index in [-0.39, 0.29) is 17.3 Å². The van der Waals surface area contributed by atoms with Gasteiger partial charge in [-0.3, -0.25) is 14.5 Å². The second-order valence-electron chi connectivity index (χ2n) is 7.76. The Balaban J connectivity index is 1.67. The van der Waals surface area contributed by atoms with Gasteiger partial charge in [-0.1, -0.05) is 30.3 Å². The van der Waals surface area contributed by atoms with Crippen LogP contribution in [0.1, 0.15) is 24.1 Å². The number of hydrogen-bond acceptors (Lipinski definition) is 5. The number of fused-ring (bicyclic) bond motifs is 1. The second kappa shape index (κ2) is 8.47. The molecule has 0 bridgehead atoms. The van der Waals surface area contributed by atoms with E-state index in [1.54, 1.807) is 48.5 Å². The number of rotatable bonds is 5. The van der Waals surface area contributed by atoms with E-state index in [2.05, 4.69) is 9.97 Å². The van der Waals surface area contributed by atoms with E-state index in [4.69, 9.17) is 4.74 Å². The molecule has 4 aromatic rings. The highest BCUT2D eigenvalue weighted by Crippen LogP contribution is 2.41. The van der Waals surface area contributed by atoms with Crippen LogP contribution >= 0.6 is 0 Å². The molecule has 0 spiro atoms. The van der Waals surface area contributed by atoms with Gasteiger partial charge in [0.05, 0.1) is 29.3 Å². The summed E-state index contributed by atoms with van der Waals surface area (Å²) in [7, 11) is 0. The predicted octanol–water partition coefficient (Wildman–Crippen LogP) is 4.73. The molecule has 1 fully saturated rings. The fraction of sp³-hybridized carbons (Fsp3) is 0.115. The lowest BCUT2D eigenvalue weighted by Gasteiger charge is -2.23. The van der Waals surface area contributed by atoms with Gasteiger partial charge in [0.2, 0.25) is 5.95 Å². The number of Topliss-reactive ketones (excluding diaryl/α,β-unsaturated/α-hetero) is 1. The second-order valence-corrected chi connectivity index (χ2v) is 7.76. The number of aliphatic hydroxyl groups is 1. The smallest absolute Gasteiger partial charge is 0.302 e. The zero-order chi connectivity index (χ0) is 23.8. The van der Waals surface area contributed by atoms with Crippen molar-refractivity contribution in [2.45, 2.75) is 13.0 Å². The Bertz CT molecular complexity index is 1430. The van der Waals surface area contributed by atoms with Crippen molar-refractivity contribution in [2.24, 2.45) is 0 Å². The maximum absolute atomic E-state index is 13.7. The van der Waals surface area contributed by atoms with Gasteiger partial charge in [-0.2, -0.15) is 0 Å². The quantitative estimate of drug-likeness (QED) is 0.257. The number of nitrogens with one attached hydrogen (secondary N) is 1. The molecule has 0 radical (unpaired) electrons. The van der Waals surface area contributed by atoms with Gasteiger partial charge < -0.3 is 14.8 Å². The summed E-state index contributed by atoms with van der Waals surface area (Å²) in [5, 5.41) is 11.2. The molecule has 1 aliphatic rings. The zero-order valence-electron chi connectivity index (χ0n) is 18.2. The molecule has 1 saturated heterocycles. The van der Waals surface area contributed by atoms with Crippen molar-refractivity contribution in [3.8, 4) is 5.75 Å². The molecule has 1 unspecified atom stereocenters. The molecule has 7 nitrogen and oxygen atoms in total. The van der Waals surface area contributed by atoms with Gasteiger partial charge in [0.25, 0.3) is 5.78 Å². The molecule has 1 aromatic heterocycles. The molecule has 0 aliphatic carbocycles. The number of carbonyl (C=O) groups is 2. The number of carbonyl (C=O) groups excluding carboxylic acids is 2. The van der Waals surface area contributed by atoms with Crippen LogP contribution in [0.25, 0.3) is 16.8 Å². The minimum Gasteiger partial charge on any atom is -0.507 e. The number of aromatic amines is 1. The highest BCUT2D eigenvalue weighted by atomic mass is 19.1. The first-order chi connectivity index (χ1) is 16.5. The van der Waals surface area contributed by atoms with Gasteiger partial charge >= 0.3 is 5.91 Å². The number of imidazole rings is 1. The molecule has 8 heteroatoms. The van der Waals surface area contributed by atoms with Crippen molar-refractivity contribution < 1.29 is 23.8 Å². The molecule has 3 aromatic carbocycles. The van der Waals surface area contributed by atoms with Gasteiger partial charge in [0.15, 0.2) is 0 Å². The van der Waals surface area contributed by atoms with Gasteiger partial charge in [0.1, 0.15) is 17.3 Å². The number of amides is 1. The van der Waals surface area contributed by atoms with Crippen LogP contribution in [0, 0.1) is 5.82 Å². The summed E-state index contributed by atoms with van der Waals surface area (Å²) in [5.74, 6) is -1.75. The SMILES string of the molecule is CCOc1ccc(/C(O)=C2\C(=O)C(=O)N(c3nc4ccc(F)cc4[nH]3)C2c2ccccc2)cc1. The predicted molar refractivity (Wildman–Crippen MR) is 125 cm³/mol. The molecular formula is C26H20FN3O4. The van der Waals surface area contributed by atoms with Gasteiger partial charge in [-0.15, -0.1) is 0 Å². The highest BCUT2D eigenvalue weighted by Gasteiger charge is 2.48. The molecule has 1 atom stereocenters. The minimum atomic E-state index is -0.932. The number of ketones is 1. The van der Waals surface area contributed by atoms with Crippen LogP contribution in [-0.4, -0.2) is 33.4 Å². The van der Waals surface area contributed by atoms with E-state index >= 15 is 0 Å². The minimum absolute atomic E-state index is 0.0630. The molecule has 34 heavy (non-hydrogen) atoms. The highest BCUT2D eigenvalue weighted by molar-refractivity contribution is 6.51. The van der Waals surface area contributed by atoms with Crippen molar-refractivity contribution in [3.63, 3.8) is 0 Å². The molecule has 2 heterocycles. The first-order valence-electron chi connectivity index (χ1n) is 10.7. The first-order valence-corrected chi connectivity index (χ1v) is 10.7. The van der Waals surface area contributed by atoms with E-state index in [0.717, 1.165) is 0 Å². The van der Waals surface area contributed by atoms with Crippen molar-refractivity contribution >= 4 is 34.4 Å². The summed E-state index contributed by atoms with van der Waals surface area (Å²) in [6.45, 7) is 2.35. The largest absolute Gasteiger partial charge is 0.507 e. The molecule has 1 amide bonds. The topological polar surface area (TPSA) is 95.5 Å². The summed E-state index contributed by atoms with van der Waals surface area (Å²) >= 11 is 0. The lowest BCUT2D eigenvalue weighted by atomic mass is 9.95. The Morgan fingerprint density at radius 1 is 1.09 bits per heavy atom. The summed E-state index contributed by atoms with van der Waals surface area (Å²) in [6.07, 6.45) is 0. The van der Waals surface area contributed by atoms with Gasteiger partial charge in [-0.25, -0.2) is 9.37 Å². The summed E-state index contributed by atoms with van der Waals surface area (Å²) in [5.41, 5.74) is 1.74. The van der Waals surface area contributed by atoms with Crippen LogP contribution in [0.4, 0.5) is 10.3 Å². The van der Waals surface area contributed by atoms with Gasteiger partial charge in [0, 0.05) is 5.56 Å². The Kier molecular flexibility index (Phi) is 5.33. The maximum Gasteiger partial charge on any atom is 0.302 e. The van der Waals surface area contributed by atoms with Crippen LogP contribution in [0.5, 0.6) is 5.75 Å². The molecule has 2 N–H and O–H groups in total. The fourth-order valence-electron chi connectivity index (χ4n) is 4.12. The third-order valence-electron chi connectivity index (χ3n) is 5.66. The van der Waals surface area contributed by atoms with Crippen LogP contribution in [0.2, 0.25) is 0 Å². The number of nitrogens with zero attached hydrogens (tertiary/aromatic N) is 2. The normalized spacial score (nSPS) is 17.5. The Morgan fingerprint density at radius 3 is 2.53 bits per heavy atom.